The van der Waals surface area contributed by atoms with Gasteiger partial charge in [0, 0.05) is 56.8 Å². The number of hydrogen-bond donors (Lipinski definition) is 10. The Morgan fingerprint density at radius 3 is 1.56 bits per heavy atom. The average molecular weight is 1340 g/mol. The summed E-state index contributed by atoms with van der Waals surface area (Å²) in [5.41, 5.74) is 5.70. The van der Waals surface area contributed by atoms with Crippen molar-refractivity contribution in [3.05, 3.63) is 174 Å². The molecule has 10 N–H and O–H groups in total. The number of aromatic amines is 2. The maximum atomic E-state index is 13.8. The van der Waals surface area contributed by atoms with Crippen molar-refractivity contribution >= 4 is 93.1 Å². The Balaban J connectivity index is 0.000000201. The minimum atomic E-state index is -1.12. The van der Waals surface area contributed by atoms with Gasteiger partial charge in [-0.1, -0.05) is 46.9 Å². The monoisotopic (exact) mass is 1340 g/mol. The van der Waals surface area contributed by atoms with Crippen molar-refractivity contribution in [2.75, 3.05) is 50.2 Å². The van der Waals surface area contributed by atoms with Crippen LogP contribution in [0.5, 0.6) is 11.5 Å². The molecule has 4 atom stereocenters. The van der Waals surface area contributed by atoms with Gasteiger partial charge in [0.2, 0.25) is 11.8 Å². The van der Waals surface area contributed by atoms with Gasteiger partial charge < -0.3 is 65.8 Å². The molecule has 27 heteroatoms. The molecular formula is C66H66Cl2N10O13S2. The summed E-state index contributed by atoms with van der Waals surface area (Å²) in [4.78, 5) is 76.0. The Hall–Kier alpha value is -9.70. The number of phenolic OH excluding ortho intramolecular Hbond substituents is 2. The Bertz CT molecular complexity index is 4030. The van der Waals surface area contributed by atoms with Gasteiger partial charge in [0.25, 0.3) is 5.91 Å². The van der Waals surface area contributed by atoms with Gasteiger partial charge in [-0.15, -0.1) is 0 Å². The van der Waals surface area contributed by atoms with Crippen LogP contribution in [-0.4, -0.2) is 139 Å². The molecular weight excluding hydrogens is 1280 g/mol. The highest BCUT2D eigenvalue weighted by Gasteiger charge is 2.38. The molecule has 0 saturated carbocycles. The minimum absolute atomic E-state index is 0.000852. The number of H-pyrrole nitrogens is 2. The fourth-order valence-corrected chi connectivity index (χ4v) is 10.6. The van der Waals surface area contributed by atoms with Crippen LogP contribution in [0.3, 0.4) is 0 Å². The number of carbonyl (C=O) groups excluding carboxylic acids is 5. The highest BCUT2D eigenvalue weighted by atomic mass is 35.5. The van der Waals surface area contributed by atoms with E-state index in [4.69, 9.17) is 47.3 Å². The molecule has 2 aliphatic heterocycles. The van der Waals surface area contributed by atoms with Crippen molar-refractivity contribution in [3.8, 4) is 57.7 Å². The maximum absolute atomic E-state index is 13.8. The van der Waals surface area contributed by atoms with E-state index in [9.17, 15) is 39.0 Å². The van der Waals surface area contributed by atoms with Crippen LogP contribution in [0.4, 0.5) is 21.0 Å². The molecule has 0 aliphatic carbocycles. The predicted octanol–water partition coefficient (Wildman–Crippen LogP) is 10.5. The zero-order valence-electron chi connectivity index (χ0n) is 51.1. The number of benzene rings is 4. The van der Waals surface area contributed by atoms with Gasteiger partial charge in [-0.05, 0) is 171 Å². The van der Waals surface area contributed by atoms with E-state index in [1.165, 1.54) is 39.7 Å². The molecule has 2 fully saturated rings. The largest absolute Gasteiger partial charge is 0.507 e. The average Bonchev–Trinajstić information content (AvgIpc) is 1.91. The number of phenols is 2. The van der Waals surface area contributed by atoms with Crippen LogP contribution in [0.1, 0.15) is 87.0 Å². The van der Waals surface area contributed by atoms with E-state index in [-0.39, 0.29) is 43.2 Å². The molecule has 23 nitrogen and oxygen atoms in total. The summed E-state index contributed by atoms with van der Waals surface area (Å²) in [6.45, 7) is 12.4. The number of aliphatic carboxylic acids is 1. The number of anilines is 2. The van der Waals surface area contributed by atoms with E-state index >= 15 is 0 Å². The number of nitrogens with zero attached hydrogens (tertiary/aromatic N) is 3. The fraction of sp³-hybridized carbons (Fsp3) is 0.273. The number of nitrogens with one attached hydrogen (secondary N) is 7. The van der Waals surface area contributed by atoms with Crippen LogP contribution < -0.4 is 26.6 Å². The quantitative estimate of drug-likeness (QED) is 0.0508. The molecule has 0 bridgehead atoms. The Kier molecular flexibility index (Phi) is 23.8. The second kappa shape index (κ2) is 32.0. The first-order valence-corrected chi connectivity index (χ1v) is 31.4. The van der Waals surface area contributed by atoms with Crippen LogP contribution in [0.15, 0.2) is 131 Å². The molecule has 10 rings (SSSR count). The number of carboxylic acids is 1. The number of thiophene rings is 2. The molecule has 93 heavy (non-hydrogen) atoms. The first-order valence-electron chi connectivity index (χ1n) is 28.7. The number of aromatic hydroxyl groups is 2. The number of rotatable bonds is 12. The fourth-order valence-electron chi connectivity index (χ4n) is 8.89. The highest BCUT2D eigenvalue weighted by molar-refractivity contribution is 7.08. The number of halogens is 2. The number of alkyl carbamates (subject to hydrolysis) is 2. The number of hydrogen-bond acceptors (Lipinski definition) is 17. The van der Waals surface area contributed by atoms with E-state index in [0.717, 1.165) is 5.56 Å². The normalized spacial score (nSPS) is 15.0. The van der Waals surface area contributed by atoms with Gasteiger partial charge in [-0.2, -0.15) is 32.9 Å². The van der Waals surface area contributed by atoms with Gasteiger partial charge in [0.1, 0.15) is 40.8 Å². The van der Waals surface area contributed by atoms with Crippen LogP contribution in [0.25, 0.3) is 22.5 Å². The molecule has 4 aromatic carbocycles. The molecule has 6 heterocycles. The molecule has 5 amide bonds. The van der Waals surface area contributed by atoms with Crippen molar-refractivity contribution in [3.63, 3.8) is 0 Å². The van der Waals surface area contributed by atoms with E-state index in [0.29, 0.717) is 91.5 Å². The van der Waals surface area contributed by atoms with E-state index in [1.807, 2.05) is 17.5 Å². The van der Waals surface area contributed by atoms with Gasteiger partial charge in [0.05, 0.1) is 61.3 Å². The molecule has 2 saturated heterocycles. The third kappa shape index (κ3) is 20.4. The summed E-state index contributed by atoms with van der Waals surface area (Å²) < 4.78 is 21.3. The molecule has 2 aliphatic rings. The highest BCUT2D eigenvalue weighted by Crippen LogP contribution is 2.34. The third-order valence-corrected chi connectivity index (χ3v) is 15.1. The van der Waals surface area contributed by atoms with Crippen LogP contribution in [0, 0.1) is 23.7 Å². The smallest absolute Gasteiger partial charge is 0.408 e. The summed E-state index contributed by atoms with van der Waals surface area (Å²) in [6, 6.07) is 23.7. The van der Waals surface area contributed by atoms with Gasteiger partial charge in [-0.25, -0.2) is 14.4 Å². The van der Waals surface area contributed by atoms with Crippen molar-refractivity contribution in [2.24, 2.45) is 0 Å². The summed E-state index contributed by atoms with van der Waals surface area (Å²) >= 11 is 14.9. The topological polar surface area (TPSA) is 321 Å². The van der Waals surface area contributed by atoms with Gasteiger partial charge in [0.15, 0.2) is 6.04 Å². The third-order valence-electron chi connectivity index (χ3n) is 13.2. The second-order valence-electron chi connectivity index (χ2n) is 22.6. The Morgan fingerprint density at radius 2 is 1.11 bits per heavy atom. The molecule has 484 valence electrons. The van der Waals surface area contributed by atoms with E-state index < -0.39 is 59.3 Å². The summed E-state index contributed by atoms with van der Waals surface area (Å²) in [5.74, 6) is 10.2. The minimum Gasteiger partial charge on any atom is -0.507 e. The van der Waals surface area contributed by atoms with Crippen molar-refractivity contribution in [1.82, 2.24) is 41.2 Å². The standard InChI is InChI=1S/C33H32ClN5O6S.C22H19ClN4O3.C11H15NO4S/c1-33(2,3)45-32(43)37-29(22-12-15-46-19-22)31(42)39-13-14-44-18-26(39)30(41)36-24-9-5-20(6-10-24)4-7-21-17-35-38-28(21)25-16-23(34)8-11-27(25)40;23-16-5-8-20(28)18(11-16)21-15(12-25-27-21)4-1-14-2-6-17(7-3-14)26-22(29)19-13-30-10-9-24-19;1-11(2,3)16-10(15)12-8(9(13)14)7-4-5-17-6-7/h5-6,8-12,15-17,19,26,29,40H,13-14,18H2,1-3H3,(H,35,38)(H,36,41)(H,37,43);2-3,5-8,11-12,19,24,28H,9-10,13H2,(H,25,27)(H,26,29);4-6,8H,1-3H3,(H,12,15)(H,13,14)/t26-,29+;19-;8-/m001/s1. The Labute approximate surface area is 553 Å². The van der Waals surface area contributed by atoms with Crippen molar-refractivity contribution in [2.45, 2.75) is 76.9 Å². The zero-order chi connectivity index (χ0) is 66.8. The Morgan fingerprint density at radius 1 is 0.634 bits per heavy atom. The molecule has 8 aromatic rings. The number of morpholine rings is 2. The summed E-state index contributed by atoms with van der Waals surface area (Å²) in [5, 5.41) is 65.0. The van der Waals surface area contributed by atoms with Crippen molar-refractivity contribution < 1.29 is 63.0 Å². The van der Waals surface area contributed by atoms with E-state index in [1.54, 1.807) is 143 Å². The molecule has 4 aromatic heterocycles. The number of carbonyl (C=O) groups is 6. The van der Waals surface area contributed by atoms with Crippen LogP contribution in [-0.2, 0) is 38.1 Å². The van der Waals surface area contributed by atoms with Crippen LogP contribution >= 0.6 is 45.9 Å². The van der Waals surface area contributed by atoms with Crippen molar-refractivity contribution in [1.29, 1.82) is 0 Å². The van der Waals surface area contributed by atoms with E-state index in [2.05, 4.69) is 70.7 Å². The summed E-state index contributed by atoms with van der Waals surface area (Å²) in [7, 11) is 0. The predicted molar refractivity (Wildman–Crippen MR) is 353 cm³/mol. The van der Waals surface area contributed by atoms with Gasteiger partial charge in [-0.3, -0.25) is 24.6 Å². The van der Waals surface area contributed by atoms with Crippen LogP contribution in [0.2, 0.25) is 10.0 Å². The molecule has 0 spiro atoms. The SMILES string of the molecule is CC(C)(C)OC(=O)N[C@@H](C(=O)N1CCOC[C@H]1C(=O)Nc1ccc(C#Cc2cn[nH]c2-c2cc(Cl)ccc2O)cc1)c1ccsc1.CC(C)(C)OC(=O)N[C@@H](C(=O)O)c1ccsc1.O=C(Nc1ccc(C#Cc2cn[nH]c2-c2cc(Cl)ccc2O)cc1)[C@@H]1COCCN1. The second-order valence-corrected chi connectivity index (χ2v) is 25.0. The lowest BCUT2D eigenvalue weighted by Crippen LogP contribution is -2.57. The van der Waals surface area contributed by atoms with Gasteiger partial charge >= 0.3 is 18.2 Å². The zero-order valence-corrected chi connectivity index (χ0v) is 54.2. The molecule has 0 radical (unpaired) electrons. The lowest BCUT2D eigenvalue weighted by molar-refractivity contribution is -0.148. The number of carboxylic acid groups (broad SMARTS) is 1. The lowest BCUT2D eigenvalue weighted by atomic mass is 10.1. The lowest BCUT2D eigenvalue weighted by Gasteiger charge is -2.36. The number of amides is 5. The first kappa shape index (κ1) is 69.2. The molecule has 0 unspecified atom stereocenters. The maximum Gasteiger partial charge on any atom is 0.408 e. The number of ether oxygens (including phenoxy) is 4. The first-order chi connectivity index (χ1) is 44.4. The summed E-state index contributed by atoms with van der Waals surface area (Å²) in [6.07, 6.45) is 1.68. The number of aromatic nitrogens is 4.